The zero-order valence-electron chi connectivity index (χ0n) is 30.3. The number of anilines is 3. The molecule has 0 aromatic heterocycles. The molecule has 0 unspecified atom stereocenters. The quantitative estimate of drug-likeness (QED) is 0.150. The maximum Gasteiger partial charge on any atom is 0.0467 e. The first-order chi connectivity index (χ1) is 27.2. The highest BCUT2D eigenvalue weighted by Crippen LogP contribution is 2.41. The maximum atomic E-state index is 2.39. The van der Waals surface area contributed by atoms with Crippen LogP contribution >= 0.6 is 0 Å². The third-order valence-corrected chi connectivity index (χ3v) is 10.8. The molecule has 0 saturated carbocycles. The molecule has 1 heteroatoms. The summed E-state index contributed by atoms with van der Waals surface area (Å²) < 4.78 is 0. The molecule has 10 aromatic carbocycles. The highest BCUT2D eigenvalue weighted by Gasteiger charge is 2.16. The predicted molar refractivity (Wildman–Crippen MR) is 235 cm³/mol. The van der Waals surface area contributed by atoms with Crippen LogP contribution in [0.2, 0.25) is 0 Å². The number of fused-ring (bicyclic) bond motifs is 4. The fraction of sp³-hybridized carbons (Fsp3) is 0. The van der Waals surface area contributed by atoms with Crippen LogP contribution in [-0.2, 0) is 0 Å². The Bertz CT molecular complexity index is 2960. The lowest BCUT2D eigenvalue weighted by molar-refractivity contribution is 1.28. The molecule has 0 radical (unpaired) electrons. The van der Waals surface area contributed by atoms with Gasteiger partial charge in [-0.3, -0.25) is 0 Å². The van der Waals surface area contributed by atoms with Gasteiger partial charge in [0.05, 0.1) is 0 Å². The van der Waals surface area contributed by atoms with Gasteiger partial charge in [-0.25, -0.2) is 0 Å². The molecule has 258 valence electrons. The van der Waals surface area contributed by atoms with Gasteiger partial charge in [0.25, 0.3) is 0 Å². The average molecular weight is 700 g/mol. The number of rotatable bonds is 7. The Morgan fingerprint density at radius 2 is 0.691 bits per heavy atom. The van der Waals surface area contributed by atoms with Crippen molar-refractivity contribution in [3.63, 3.8) is 0 Å². The standard InChI is InChI=1S/C54H37N/c1-2-12-38(13-3-1)40-24-26-41(27-25-40)42-30-32-48(33-31-42)55(49-19-10-17-44(35-49)45-29-28-39-14-4-5-15-43(39)34-45)50-20-11-18-46(36-50)54-37-47-16-6-7-21-51(47)52-22-8-9-23-53(52)54/h1-37H. The minimum atomic E-state index is 1.10. The molecule has 0 bridgehead atoms. The molecule has 0 aliphatic rings. The van der Waals surface area contributed by atoms with Gasteiger partial charge in [0.2, 0.25) is 0 Å². The molecular formula is C54H37N. The molecule has 0 aliphatic carbocycles. The summed E-state index contributed by atoms with van der Waals surface area (Å²) in [5, 5.41) is 7.54. The van der Waals surface area contributed by atoms with E-state index in [4.69, 9.17) is 0 Å². The van der Waals surface area contributed by atoms with Gasteiger partial charge in [-0.15, -0.1) is 0 Å². The molecule has 55 heavy (non-hydrogen) atoms. The van der Waals surface area contributed by atoms with Crippen molar-refractivity contribution < 1.29 is 0 Å². The lowest BCUT2D eigenvalue weighted by Gasteiger charge is -2.27. The lowest BCUT2D eigenvalue weighted by Crippen LogP contribution is -2.10. The van der Waals surface area contributed by atoms with Crippen molar-refractivity contribution in [2.75, 3.05) is 4.90 Å². The minimum Gasteiger partial charge on any atom is -0.310 e. The summed E-state index contributed by atoms with van der Waals surface area (Å²) in [5.74, 6) is 0. The third-order valence-electron chi connectivity index (χ3n) is 10.8. The molecule has 0 amide bonds. The van der Waals surface area contributed by atoms with Crippen LogP contribution in [0.1, 0.15) is 0 Å². The van der Waals surface area contributed by atoms with E-state index in [-0.39, 0.29) is 0 Å². The van der Waals surface area contributed by atoms with E-state index in [0.29, 0.717) is 0 Å². The van der Waals surface area contributed by atoms with Gasteiger partial charge in [-0.05, 0) is 125 Å². The Labute approximate surface area is 322 Å². The van der Waals surface area contributed by atoms with Gasteiger partial charge >= 0.3 is 0 Å². The Hall–Kier alpha value is -7.22. The van der Waals surface area contributed by atoms with E-state index in [1.165, 1.54) is 76.8 Å². The van der Waals surface area contributed by atoms with Gasteiger partial charge in [0, 0.05) is 17.1 Å². The highest BCUT2D eigenvalue weighted by atomic mass is 15.1. The largest absolute Gasteiger partial charge is 0.310 e. The Morgan fingerprint density at radius 1 is 0.218 bits per heavy atom. The van der Waals surface area contributed by atoms with Gasteiger partial charge in [-0.2, -0.15) is 0 Å². The Kier molecular flexibility index (Phi) is 8.24. The zero-order chi connectivity index (χ0) is 36.6. The van der Waals surface area contributed by atoms with Crippen molar-refractivity contribution in [3.05, 3.63) is 224 Å². The molecule has 10 rings (SSSR count). The summed E-state index contributed by atoms with van der Waals surface area (Å²) in [7, 11) is 0. The smallest absolute Gasteiger partial charge is 0.0467 e. The monoisotopic (exact) mass is 699 g/mol. The van der Waals surface area contributed by atoms with Crippen molar-refractivity contribution >= 4 is 49.4 Å². The number of nitrogens with zero attached hydrogens (tertiary/aromatic N) is 1. The SMILES string of the molecule is c1ccc(-c2ccc(-c3ccc(N(c4cccc(-c5ccc6ccccc6c5)c4)c4cccc(-c5cc6ccccc6c6ccccc56)c4)cc3)cc2)cc1. The Balaban J connectivity index is 1.09. The van der Waals surface area contributed by atoms with Gasteiger partial charge < -0.3 is 4.90 Å². The highest BCUT2D eigenvalue weighted by molar-refractivity contribution is 6.14. The van der Waals surface area contributed by atoms with E-state index >= 15 is 0 Å². The fourth-order valence-electron chi connectivity index (χ4n) is 8.03. The summed E-state index contributed by atoms with van der Waals surface area (Å²) in [6, 6.07) is 81.5. The minimum absolute atomic E-state index is 1.10. The Morgan fingerprint density at radius 3 is 1.40 bits per heavy atom. The van der Waals surface area contributed by atoms with Crippen LogP contribution in [0.3, 0.4) is 0 Å². The molecule has 10 aromatic rings. The first-order valence-electron chi connectivity index (χ1n) is 18.9. The number of benzene rings is 10. The topological polar surface area (TPSA) is 3.24 Å². The van der Waals surface area contributed by atoms with Crippen LogP contribution in [0.5, 0.6) is 0 Å². The normalized spacial score (nSPS) is 11.3. The summed E-state index contributed by atoms with van der Waals surface area (Å²) in [6.07, 6.45) is 0. The first-order valence-corrected chi connectivity index (χ1v) is 18.9. The van der Waals surface area contributed by atoms with Crippen molar-refractivity contribution in [2.45, 2.75) is 0 Å². The molecule has 0 N–H and O–H groups in total. The summed E-state index contributed by atoms with van der Waals surface area (Å²) >= 11 is 0. The molecule has 0 aliphatic heterocycles. The molecule has 0 saturated heterocycles. The second-order valence-corrected chi connectivity index (χ2v) is 14.2. The van der Waals surface area contributed by atoms with Crippen molar-refractivity contribution in [1.82, 2.24) is 0 Å². The fourth-order valence-corrected chi connectivity index (χ4v) is 8.03. The molecule has 1 nitrogen and oxygen atoms in total. The van der Waals surface area contributed by atoms with E-state index in [1.807, 2.05) is 0 Å². The van der Waals surface area contributed by atoms with Gasteiger partial charge in [0.15, 0.2) is 0 Å². The molecule has 0 heterocycles. The third kappa shape index (κ3) is 6.22. The molecular weight excluding hydrogens is 663 g/mol. The van der Waals surface area contributed by atoms with E-state index in [0.717, 1.165) is 17.1 Å². The van der Waals surface area contributed by atoms with Crippen molar-refractivity contribution in [3.8, 4) is 44.5 Å². The van der Waals surface area contributed by atoms with Gasteiger partial charge in [0.1, 0.15) is 0 Å². The molecule has 0 fully saturated rings. The van der Waals surface area contributed by atoms with Crippen LogP contribution in [0.4, 0.5) is 17.1 Å². The second-order valence-electron chi connectivity index (χ2n) is 14.2. The average Bonchev–Trinajstić information content (AvgIpc) is 3.27. The summed E-state index contributed by atoms with van der Waals surface area (Å²) in [5.41, 5.74) is 12.9. The van der Waals surface area contributed by atoms with Crippen LogP contribution in [0.25, 0.3) is 76.8 Å². The van der Waals surface area contributed by atoms with Crippen LogP contribution in [0, 0.1) is 0 Å². The zero-order valence-corrected chi connectivity index (χ0v) is 30.3. The van der Waals surface area contributed by atoms with Crippen LogP contribution in [-0.4, -0.2) is 0 Å². The lowest BCUT2D eigenvalue weighted by atomic mass is 9.93. The number of hydrogen-bond donors (Lipinski definition) is 0. The van der Waals surface area contributed by atoms with E-state index in [9.17, 15) is 0 Å². The molecule has 0 spiro atoms. The van der Waals surface area contributed by atoms with Crippen LogP contribution < -0.4 is 4.90 Å². The second kappa shape index (κ2) is 14.0. The van der Waals surface area contributed by atoms with E-state index in [2.05, 4.69) is 229 Å². The van der Waals surface area contributed by atoms with Crippen LogP contribution in [0.15, 0.2) is 224 Å². The predicted octanol–water partition coefficient (Wildman–Crippen LogP) is 15.3. The summed E-state index contributed by atoms with van der Waals surface area (Å²) in [6.45, 7) is 0. The van der Waals surface area contributed by atoms with Gasteiger partial charge in [-0.1, -0.05) is 176 Å². The summed E-state index contributed by atoms with van der Waals surface area (Å²) in [4.78, 5) is 2.39. The van der Waals surface area contributed by atoms with E-state index < -0.39 is 0 Å². The molecule has 0 atom stereocenters. The maximum absolute atomic E-state index is 2.39. The number of hydrogen-bond acceptors (Lipinski definition) is 1. The van der Waals surface area contributed by atoms with Crippen molar-refractivity contribution in [1.29, 1.82) is 0 Å². The first kappa shape index (κ1) is 32.4. The van der Waals surface area contributed by atoms with E-state index in [1.54, 1.807) is 0 Å². The van der Waals surface area contributed by atoms with Crippen molar-refractivity contribution in [2.24, 2.45) is 0 Å².